The molecule has 37 heavy (non-hydrogen) atoms. The molecule has 3 aliphatic rings. The van der Waals surface area contributed by atoms with Gasteiger partial charge in [-0.1, -0.05) is 6.07 Å². The van der Waals surface area contributed by atoms with E-state index in [4.69, 9.17) is 32.8 Å². The number of carboxylic acids is 1. The highest BCUT2D eigenvalue weighted by molar-refractivity contribution is 5.73. The molecular weight excluding hydrogens is 486 g/mol. The molecule has 2 saturated heterocycles. The number of furan rings is 1. The normalized spacial score (nSPS) is 30.9. The summed E-state index contributed by atoms with van der Waals surface area (Å²) in [6, 6.07) is 8.03. The molecule has 7 atom stereocenters. The van der Waals surface area contributed by atoms with Gasteiger partial charge in [-0.25, -0.2) is 4.79 Å². The third-order valence-corrected chi connectivity index (χ3v) is 6.49. The molecule has 1 aromatic heterocycles. The van der Waals surface area contributed by atoms with Crippen molar-refractivity contribution < 1.29 is 47.5 Å². The van der Waals surface area contributed by atoms with Crippen LogP contribution in [0.4, 0.5) is 0 Å². The van der Waals surface area contributed by atoms with Gasteiger partial charge in [0, 0.05) is 19.4 Å². The van der Waals surface area contributed by atoms with Crippen molar-refractivity contribution in [1.82, 2.24) is 5.32 Å². The van der Waals surface area contributed by atoms with Crippen LogP contribution in [-0.2, 0) is 35.0 Å². The van der Waals surface area contributed by atoms with Crippen molar-refractivity contribution in [3.63, 3.8) is 0 Å². The first-order valence-electron chi connectivity index (χ1n) is 12.2. The minimum atomic E-state index is -1.19. The van der Waals surface area contributed by atoms with E-state index < -0.39 is 49.0 Å². The van der Waals surface area contributed by atoms with Gasteiger partial charge in [0.15, 0.2) is 11.9 Å². The van der Waals surface area contributed by atoms with E-state index in [1.54, 1.807) is 24.3 Å². The fourth-order valence-corrected chi connectivity index (χ4v) is 4.86. The molecule has 11 heteroatoms. The SMILES string of the molecule is CC(=O)NC1C(Oc2ccc3c(c2)OC(C)(C)C3)OC2COC(c3ccco3)OC2C1OC(C)C(=O)O. The molecule has 2 N–H and O–H groups in total. The van der Waals surface area contributed by atoms with Crippen LogP contribution in [0.15, 0.2) is 41.0 Å². The first-order valence-corrected chi connectivity index (χ1v) is 12.2. The summed E-state index contributed by atoms with van der Waals surface area (Å²) >= 11 is 0. The van der Waals surface area contributed by atoms with Crippen LogP contribution >= 0.6 is 0 Å². The number of aliphatic carboxylic acids is 1. The van der Waals surface area contributed by atoms with E-state index in [0.717, 1.165) is 12.0 Å². The number of fused-ring (bicyclic) bond motifs is 2. The fourth-order valence-electron chi connectivity index (χ4n) is 4.86. The first kappa shape index (κ1) is 25.5. The predicted molar refractivity (Wildman–Crippen MR) is 126 cm³/mol. The van der Waals surface area contributed by atoms with Crippen molar-refractivity contribution in [2.24, 2.45) is 0 Å². The molecule has 11 nitrogen and oxygen atoms in total. The van der Waals surface area contributed by atoms with E-state index >= 15 is 0 Å². The third kappa shape index (κ3) is 5.45. The monoisotopic (exact) mass is 517 g/mol. The molecular formula is C26H31NO10. The van der Waals surface area contributed by atoms with Crippen LogP contribution in [0.25, 0.3) is 0 Å². The molecule has 4 heterocycles. The number of ether oxygens (including phenoxy) is 6. The van der Waals surface area contributed by atoms with E-state index in [1.165, 1.54) is 20.1 Å². The Morgan fingerprint density at radius 1 is 1.22 bits per heavy atom. The molecule has 2 fully saturated rings. The van der Waals surface area contributed by atoms with Gasteiger partial charge in [0.25, 0.3) is 0 Å². The third-order valence-electron chi connectivity index (χ3n) is 6.49. The van der Waals surface area contributed by atoms with Crippen molar-refractivity contribution in [2.45, 2.75) is 82.8 Å². The topological polar surface area (TPSA) is 135 Å². The number of nitrogens with one attached hydrogen (secondary N) is 1. The lowest BCUT2D eigenvalue weighted by Gasteiger charge is -2.49. The van der Waals surface area contributed by atoms with E-state index in [-0.39, 0.29) is 18.1 Å². The Bertz CT molecular complexity index is 1130. The maximum absolute atomic E-state index is 12.2. The van der Waals surface area contributed by atoms with Crippen molar-refractivity contribution in [3.05, 3.63) is 47.9 Å². The second-order valence-electron chi connectivity index (χ2n) is 10.1. The highest BCUT2D eigenvalue weighted by Crippen LogP contribution is 2.39. The lowest BCUT2D eigenvalue weighted by Crippen LogP contribution is -2.68. The molecule has 0 aliphatic carbocycles. The Labute approximate surface area is 213 Å². The maximum Gasteiger partial charge on any atom is 0.332 e. The second kappa shape index (κ2) is 9.97. The quantitative estimate of drug-likeness (QED) is 0.564. The lowest BCUT2D eigenvalue weighted by molar-refractivity contribution is -0.343. The Morgan fingerprint density at radius 3 is 2.73 bits per heavy atom. The Morgan fingerprint density at radius 2 is 2.03 bits per heavy atom. The molecule has 1 amide bonds. The predicted octanol–water partition coefficient (Wildman–Crippen LogP) is 2.57. The number of benzene rings is 1. The molecule has 1 aromatic carbocycles. The van der Waals surface area contributed by atoms with Crippen LogP contribution in [0, 0.1) is 0 Å². The number of carbonyl (C=O) groups is 2. The Kier molecular flexibility index (Phi) is 6.88. The number of carbonyl (C=O) groups excluding carboxylic acids is 1. The minimum Gasteiger partial charge on any atom is -0.487 e. The van der Waals surface area contributed by atoms with Crippen LogP contribution in [0.3, 0.4) is 0 Å². The first-order chi connectivity index (χ1) is 17.6. The van der Waals surface area contributed by atoms with Crippen LogP contribution < -0.4 is 14.8 Å². The van der Waals surface area contributed by atoms with Gasteiger partial charge in [0.1, 0.15) is 41.5 Å². The molecule has 5 rings (SSSR count). The molecule has 2 aromatic rings. The second-order valence-corrected chi connectivity index (χ2v) is 10.1. The van der Waals surface area contributed by atoms with Gasteiger partial charge in [-0.15, -0.1) is 0 Å². The number of hydrogen-bond donors (Lipinski definition) is 2. The highest BCUT2D eigenvalue weighted by Gasteiger charge is 2.53. The van der Waals surface area contributed by atoms with Crippen molar-refractivity contribution in [2.75, 3.05) is 6.61 Å². The van der Waals surface area contributed by atoms with Gasteiger partial charge in [-0.05, 0) is 44.5 Å². The van der Waals surface area contributed by atoms with Crippen LogP contribution in [0.2, 0.25) is 0 Å². The van der Waals surface area contributed by atoms with Crippen LogP contribution in [-0.4, -0.2) is 65.9 Å². The van der Waals surface area contributed by atoms with E-state index in [1.807, 2.05) is 19.9 Å². The number of rotatable bonds is 7. The summed E-state index contributed by atoms with van der Waals surface area (Å²) in [7, 11) is 0. The van der Waals surface area contributed by atoms with Crippen molar-refractivity contribution in [3.8, 4) is 11.5 Å². The standard InChI is InChI=1S/C26H31NO10/c1-13(23(29)30)33-22-20(27-14(2)28)25(34-16-8-7-15-11-26(3,4)37-18(15)10-16)35-19-12-32-24(36-21(19)22)17-6-5-9-31-17/h5-10,13,19-22,24-25H,11-12H2,1-4H3,(H,27,28)(H,29,30). The minimum absolute atomic E-state index is 0.103. The number of hydrogen-bond acceptors (Lipinski definition) is 9. The van der Waals surface area contributed by atoms with Crippen LogP contribution in [0.5, 0.6) is 11.5 Å². The van der Waals surface area contributed by atoms with E-state index in [0.29, 0.717) is 17.3 Å². The van der Waals surface area contributed by atoms with Gasteiger partial charge in [-0.3, -0.25) is 4.79 Å². The molecule has 3 aliphatic heterocycles. The lowest BCUT2D eigenvalue weighted by atomic mass is 9.95. The van der Waals surface area contributed by atoms with Gasteiger partial charge >= 0.3 is 5.97 Å². The molecule has 0 bridgehead atoms. The number of carboxylic acid groups (broad SMARTS) is 1. The van der Waals surface area contributed by atoms with E-state index in [2.05, 4.69) is 5.32 Å². The zero-order valence-electron chi connectivity index (χ0n) is 21.0. The van der Waals surface area contributed by atoms with E-state index in [9.17, 15) is 14.7 Å². The maximum atomic E-state index is 12.2. The summed E-state index contributed by atoms with van der Waals surface area (Å²) in [5, 5.41) is 12.4. The molecule has 0 saturated carbocycles. The van der Waals surface area contributed by atoms with Crippen molar-refractivity contribution >= 4 is 11.9 Å². The largest absolute Gasteiger partial charge is 0.487 e. The summed E-state index contributed by atoms with van der Waals surface area (Å²) in [5.74, 6) is 0.0941. The van der Waals surface area contributed by atoms with Gasteiger partial charge in [-0.2, -0.15) is 0 Å². The Hall–Kier alpha value is -3.12. The summed E-state index contributed by atoms with van der Waals surface area (Å²) < 4.78 is 41.8. The average Bonchev–Trinajstić information content (AvgIpc) is 3.47. The number of amides is 1. The summed E-state index contributed by atoms with van der Waals surface area (Å²) in [6.45, 7) is 6.88. The summed E-state index contributed by atoms with van der Waals surface area (Å²) in [4.78, 5) is 23.9. The van der Waals surface area contributed by atoms with Gasteiger partial charge < -0.3 is 43.3 Å². The summed E-state index contributed by atoms with van der Waals surface area (Å²) in [6.07, 6.45) is -3.19. The van der Waals surface area contributed by atoms with Gasteiger partial charge in [0.2, 0.25) is 18.5 Å². The molecule has 0 radical (unpaired) electrons. The molecule has 7 unspecified atom stereocenters. The smallest absolute Gasteiger partial charge is 0.332 e. The van der Waals surface area contributed by atoms with Gasteiger partial charge in [0.05, 0.1) is 12.9 Å². The zero-order chi connectivity index (χ0) is 26.3. The molecule has 0 spiro atoms. The zero-order valence-corrected chi connectivity index (χ0v) is 21.0. The molecule has 200 valence electrons. The average molecular weight is 518 g/mol. The van der Waals surface area contributed by atoms with Crippen LogP contribution in [0.1, 0.15) is 45.3 Å². The summed E-state index contributed by atoms with van der Waals surface area (Å²) in [5.41, 5.74) is 0.747. The van der Waals surface area contributed by atoms with Crippen molar-refractivity contribution in [1.29, 1.82) is 0 Å². The fraction of sp³-hybridized carbons (Fsp3) is 0.538. The Balaban J connectivity index is 1.43. The highest BCUT2D eigenvalue weighted by atomic mass is 16.8.